The van der Waals surface area contributed by atoms with Crippen LogP contribution in [0.15, 0.2) is 30.3 Å². The van der Waals surface area contributed by atoms with Crippen molar-refractivity contribution in [2.45, 2.75) is 39.3 Å². The third-order valence-corrected chi connectivity index (χ3v) is 5.49. The maximum Gasteiger partial charge on any atom is 0.279 e. The zero-order valence-electron chi connectivity index (χ0n) is 16.1. The number of amides is 2. The Morgan fingerprint density at radius 2 is 1.77 bits per heavy atom. The van der Waals surface area contributed by atoms with Crippen LogP contribution in [0.5, 0.6) is 0 Å². The van der Waals surface area contributed by atoms with Gasteiger partial charge in [0.1, 0.15) is 5.54 Å². The van der Waals surface area contributed by atoms with Gasteiger partial charge < -0.3 is 15.1 Å². The fraction of sp³-hybridized carbons (Fsp3) is 0.550. The monoisotopic (exact) mass is 357 g/mol. The summed E-state index contributed by atoms with van der Waals surface area (Å²) in [5.74, 6) is -0.0433. The summed E-state index contributed by atoms with van der Waals surface area (Å²) in [6, 6.07) is 11.2. The van der Waals surface area contributed by atoms with E-state index in [4.69, 9.17) is 0 Å². The summed E-state index contributed by atoms with van der Waals surface area (Å²) in [5.41, 5.74) is -0.168. The van der Waals surface area contributed by atoms with Crippen molar-refractivity contribution in [3.8, 4) is 6.07 Å². The van der Waals surface area contributed by atoms with Crippen LogP contribution < -0.4 is 10.2 Å². The first-order chi connectivity index (χ1) is 12.3. The van der Waals surface area contributed by atoms with Crippen LogP contribution in [0.1, 0.15) is 38.1 Å². The normalized spacial score (nSPS) is 18.7. The van der Waals surface area contributed by atoms with E-state index in [1.165, 1.54) is 0 Å². The van der Waals surface area contributed by atoms with Crippen molar-refractivity contribution in [3.05, 3.63) is 35.9 Å². The average molecular weight is 357 g/mol. The summed E-state index contributed by atoms with van der Waals surface area (Å²) in [6.45, 7) is 10.2. The number of rotatable bonds is 5. The molecule has 0 bridgehead atoms. The number of hydrogen-bond donors (Lipinski definition) is 2. The van der Waals surface area contributed by atoms with Crippen LogP contribution in [-0.2, 0) is 4.79 Å². The molecule has 2 N–H and O–H groups in total. The van der Waals surface area contributed by atoms with Crippen molar-refractivity contribution in [2.75, 3.05) is 26.2 Å². The zero-order chi connectivity index (χ0) is 19.3. The smallest absolute Gasteiger partial charge is 0.279 e. The molecule has 0 radical (unpaired) electrons. The molecule has 1 aromatic rings. The van der Waals surface area contributed by atoms with Crippen molar-refractivity contribution in [2.24, 2.45) is 5.92 Å². The van der Waals surface area contributed by atoms with Crippen LogP contribution in [-0.4, -0.2) is 54.5 Å². The molecule has 1 aliphatic heterocycles. The Hall–Kier alpha value is -2.39. The van der Waals surface area contributed by atoms with Crippen LogP contribution in [0.3, 0.4) is 0 Å². The van der Waals surface area contributed by atoms with Gasteiger partial charge in [-0.15, -0.1) is 0 Å². The van der Waals surface area contributed by atoms with Crippen molar-refractivity contribution in [1.29, 1.82) is 5.26 Å². The van der Waals surface area contributed by atoms with E-state index in [2.05, 4.69) is 11.4 Å². The van der Waals surface area contributed by atoms with E-state index in [-0.39, 0.29) is 23.8 Å². The number of benzene rings is 1. The molecule has 2 atom stereocenters. The number of nitriles is 1. The molecule has 1 aromatic carbocycles. The molecule has 0 unspecified atom stereocenters. The standard InChI is InChI=1S/C20H28N4O2/c1-15(2)20(4,14-21)22-18(25)16(3)23-10-12-24(13-11-23)19(26)17-8-6-5-7-9-17/h5-9,15-16H,10-13H2,1-4H3,(H,22,25)/p+1/t16-,20-/m1/s1. The Balaban J connectivity index is 1.92. The van der Waals surface area contributed by atoms with E-state index in [1.54, 1.807) is 6.92 Å². The van der Waals surface area contributed by atoms with Crippen LogP contribution in [0.2, 0.25) is 0 Å². The van der Waals surface area contributed by atoms with Gasteiger partial charge in [-0.25, -0.2) is 0 Å². The van der Waals surface area contributed by atoms with Gasteiger partial charge in [-0.05, 0) is 31.9 Å². The molecule has 1 fully saturated rings. The summed E-state index contributed by atoms with van der Waals surface area (Å²) >= 11 is 0. The highest BCUT2D eigenvalue weighted by Crippen LogP contribution is 2.15. The maximum absolute atomic E-state index is 12.6. The number of nitrogens with one attached hydrogen (secondary N) is 2. The first kappa shape index (κ1) is 19.9. The molecule has 1 saturated heterocycles. The Bertz CT molecular complexity index is 675. The molecule has 1 heterocycles. The van der Waals surface area contributed by atoms with Crippen molar-refractivity contribution in [1.82, 2.24) is 10.2 Å². The molecule has 2 amide bonds. The molecule has 26 heavy (non-hydrogen) atoms. The topological polar surface area (TPSA) is 77.6 Å². The quantitative estimate of drug-likeness (QED) is 0.804. The third kappa shape index (κ3) is 4.41. The fourth-order valence-corrected chi connectivity index (χ4v) is 3.04. The second-order valence-corrected chi connectivity index (χ2v) is 7.50. The van der Waals surface area contributed by atoms with E-state index in [1.807, 2.05) is 56.0 Å². The molecule has 6 nitrogen and oxygen atoms in total. The van der Waals surface area contributed by atoms with Crippen molar-refractivity contribution in [3.63, 3.8) is 0 Å². The molecule has 0 aromatic heterocycles. The van der Waals surface area contributed by atoms with Gasteiger partial charge in [0.25, 0.3) is 11.8 Å². The summed E-state index contributed by atoms with van der Waals surface area (Å²) in [7, 11) is 0. The van der Waals surface area contributed by atoms with Gasteiger partial charge in [0.15, 0.2) is 6.04 Å². The largest absolute Gasteiger partial charge is 0.333 e. The third-order valence-electron chi connectivity index (χ3n) is 5.49. The molecular formula is C20H29N4O2+. The van der Waals surface area contributed by atoms with E-state index < -0.39 is 5.54 Å². The SMILES string of the molecule is CC(C)[C@@](C)(C#N)NC(=O)[C@@H](C)[NH+]1CCN(C(=O)c2ccccc2)CC1. The Labute approximate surface area is 155 Å². The predicted octanol–water partition coefficient (Wildman–Crippen LogP) is 0.470. The molecule has 6 heteroatoms. The lowest BCUT2D eigenvalue weighted by Gasteiger charge is -2.36. The Kier molecular flexibility index (Phi) is 6.38. The number of hydrogen-bond acceptors (Lipinski definition) is 3. The minimum absolute atomic E-state index is 0.0268. The predicted molar refractivity (Wildman–Crippen MR) is 99.5 cm³/mol. The highest BCUT2D eigenvalue weighted by atomic mass is 16.2. The van der Waals surface area contributed by atoms with E-state index in [0.717, 1.165) is 18.0 Å². The van der Waals surface area contributed by atoms with Gasteiger partial charge >= 0.3 is 0 Å². The van der Waals surface area contributed by atoms with Gasteiger partial charge in [0.05, 0.1) is 32.2 Å². The molecule has 0 spiro atoms. The molecule has 0 saturated carbocycles. The van der Waals surface area contributed by atoms with E-state index in [0.29, 0.717) is 18.7 Å². The summed E-state index contributed by atoms with van der Waals surface area (Å²) in [4.78, 5) is 28.1. The molecular weight excluding hydrogens is 328 g/mol. The van der Waals surface area contributed by atoms with Gasteiger partial charge in [-0.3, -0.25) is 9.59 Å². The van der Waals surface area contributed by atoms with Crippen LogP contribution in [0.4, 0.5) is 0 Å². The van der Waals surface area contributed by atoms with Gasteiger partial charge in [0, 0.05) is 5.56 Å². The number of nitrogens with zero attached hydrogens (tertiary/aromatic N) is 2. The summed E-state index contributed by atoms with van der Waals surface area (Å²) in [6.07, 6.45) is 0. The number of quaternary nitrogens is 1. The second kappa shape index (κ2) is 8.33. The Morgan fingerprint density at radius 3 is 2.27 bits per heavy atom. The van der Waals surface area contributed by atoms with Crippen molar-refractivity contribution >= 4 is 11.8 Å². The second-order valence-electron chi connectivity index (χ2n) is 7.50. The van der Waals surface area contributed by atoms with Crippen molar-refractivity contribution < 1.29 is 14.5 Å². The highest BCUT2D eigenvalue weighted by molar-refractivity contribution is 5.94. The Morgan fingerprint density at radius 1 is 1.19 bits per heavy atom. The lowest BCUT2D eigenvalue weighted by atomic mass is 9.89. The van der Waals surface area contributed by atoms with Gasteiger partial charge in [-0.2, -0.15) is 5.26 Å². The fourth-order valence-electron chi connectivity index (χ4n) is 3.04. The van der Waals surface area contributed by atoms with Gasteiger partial charge in [0.2, 0.25) is 0 Å². The minimum Gasteiger partial charge on any atom is -0.333 e. The van der Waals surface area contributed by atoms with Crippen LogP contribution in [0.25, 0.3) is 0 Å². The van der Waals surface area contributed by atoms with E-state index >= 15 is 0 Å². The molecule has 2 rings (SSSR count). The molecule has 1 aliphatic rings. The lowest BCUT2D eigenvalue weighted by molar-refractivity contribution is -0.917. The zero-order valence-corrected chi connectivity index (χ0v) is 16.1. The number of carbonyl (C=O) groups excluding carboxylic acids is 2. The summed E-state index contributed by atoms with van der Waals surface area (Å²) < 4.78 is 0. The first-order valence-electron chi connectivity index (χ1n) is 9.20. The maximum atomic E-state index is 12.6. The van der Waals surface area contributed by atoms with E-state index in [9.17, 15) is 14.9 Å². The summed E-state index contributed by atoms with van der Waals surface area (Å²) in [5, 5.41) is 12.3. The van der Waals surface area contributed by atoms with Gasteiger partial charge in [-0.1, -0.05) is 32.0 Å². The number of piperazine rings is 1. The molecule has 140 valence electrons. The molecule has 0 aliphatic carbocycles. The average Bonchev–Trinajstić information content (AvgIpc) is 2.67. The highest BCUT2D eigenvalue weighted by Gasteiger charge is 2.36. The van der Waals surface area contributed by atoms with Crippen LogP contribution >= 0.6 is 0 Å². The minimum atomic E-state index is -0.865. The number of carbonyl (C=O) groups is 2. The van der Waals surface area contributed by atoms with Crippen LogP contribution in [0, 0.1) is 17.2 Å². The first-order valence-corrected chi connectivity index (χ1v) is 9.20. The lowest BCUT2D eigenvalue weighted by Crippen LogP contribution is -3.19.